The first-order valence-electron chi connectivity index (χ1n) is 7.29. The Labute approximate surface area is 136 Å². The smallest absolute Gasteiger partial charge is 0.316 e. The molecule has 2 aromatic rings. The number of amides is 1. The summed E-state index contributed by atoms with van der Waals surface area (Å²) >= 11 is 6.39. The quantitative estimate of drug-likeness (QED) is 0.922. The number of rotatable bonds is 3. The van der Waals surface area contributed by atoms with Gasteiger partial charge in [-0.15, -0.1) is 0 Å². The fourth-order valence-electron chi connectivity index (χ4n) is 2.64. The number of ether oxygens (including phenoxy) is 1. The van der Waals surface area contributed by atoms with Crippen molar-refractivity contribution in [1.29, 1.82) is 0 Å². The Morgan fingerprint density at radius 3 is 3.17 bits per heavy atom. The molecule has 1 fully saturated rings. The maximum absolute atomic E-state index is 12.1. The number of allylic oxidation sites excluding steroid dienone is 1. The molecular weight excluding hydrogens is 320 g/mol. The van der Waals surface area contributed by atoms with Crippen molar-refractivity contribution < 1.29 is 14.1 Å². The summed E-state index contributed by atoms with van der Waals surface area (Å²) in [5, 5.41) is 7.15. The van der Waals surface area contributed by atoms with Crippen LogP contribution in [-0.4, -0.2) is 40.3 Å². The van der Waals surface area contributed by atoms with E-state index in [4.69, 9.17) is 20.9 Å². The van der Waals surface area contributed by atoms with Crippen molar-refractivity contribution in [3.8, 4) is 11.4 Å². The van der Waals surface area contributed by atoms with E-state index < -0.39 is 5.91 Å². The first-order chi connectivity index (χ1) is 11.2. The van der Waals surface area contributed by atoms with E-state index in [0.717, 1.165) is 24.1 Å². The second-order valence-electron chi connectivity index (χ2n) is 5.41. The van der Waals surface area contributed by atoms with Crippen molar-refractivity contribution in [2.75, 3.05) is 13.2 Å². The van der Waals surface area contributed by atoms with Crippen LogP contribution in [0.3, 0.4) is 0 Å². The van der Waals surface area contributed by atoms with Crippen molar-refractivity contribution >= 4 is 23.6 Å². The summed E-state index contributed by atoms with van der Waals surface area (Å²) < 4.78 is 10.3. The molecule has 1 amide bonds. The molecule has 1 N–H and O–H groups in total. The number of aromatic nitrogens is 3. The highest BCUT2D eigenvalue weighted by Gasteiger charge is 2.24. The minimum absolute atomic E-state index is 0.0202. The lowest BCUT2D eigenvalue weighted by Crippen LogP contribution is -2.35. The highest BCUT2D eigenvalue weighted by Crippen LogP contribution is 2.33. The van der Waals surface area contributed by atoms with Gasteiger partial charge < -0.3 is 14.6 Å². The van der Waals surface area contributed by atoms with Crippen LogP contribution in [-0.2, 0) is 11.2 Å². The molecule has 0 bridgehead atoms. The minimum Gasteiger partial charge on any atom is -0.379 e. The van der Waals surface area contributed by atoms with Gasteiger partial charge in [0.05, 0.1) is 28.9 Å². The number of hydrogen-bond acceptors (Lipinski definition) is 6. The molecule has 0 aromatic carbocycles. The molecule has 7 nitrogen and oxygen atoms in total. The Balaban J connectivity index is 1.58. The molecule has 8 heteroatoms. The fourth-order valence-corrected chi connectivity index (χ4v) is 2.94. The van der Waals surface area contributed by atoms with E-state index in [1.165, 1.54) is 0 Å². The Morgan fingerprint density at radius 2 is 2.35 bits per heavy atom. The zero-order chi connectivity index (χ0) is 15.8. The van der Waals surface area contributed by atoms with Crippen molar-refractivity contribution in [3.05, 3.63) is 34.4 Å². The van der Waals surface area contributed by atoms with Gasteiger partial charge in [-0.1, -0.05) is 28.9 Å². The molecule has 23 heavy (non-hydrogen) atoms. The number of carbonyl (C=O) groups is 1. The van der Waals surface area contributed by atoms with Gasteiger partial charge in [-0.05, 0) is 6.42 Å². The minimum atomic E-state index is -0.413. The number of pyridine rings is 1. The van der Waals surface area contributed by atoms with Crippen LogP contribution in [0.2, 0.25) is 5.02 Å². The van der Waals surface area contributed by atoms with Gasteiger partial charge in [0.1, 0.15) is 0 Å². The van der Waals surface area contributed by atoms with Gasteiger partial charge in [0.2, 0.25) is 5.82 Å². The van der Waals surface area contributed by atoms with Gasteiger partial charge in [0.15, 0.2) is 0 Å². The molecule has 1 saturated heterocycles. The standard InChI is InChI=1S/C15H13ClN4O3/c16-12-9-2-1-3-11(9)17-6-10(12)13-19-15(23-20-13)14(21)18-8-4-5-22-7-8/h1-2,6,8H,3-5,7H2,(H,18,21)/t8-/m1/s1. The molecule has 0 saturated carbocycles. The normalized spacial score (nSPS) is 19.1. The second kappa shape index (κ2) is 5.75. The van der Waals surface area contributed by atoms with Crippen molar-refractivity contribution in [3.63, 3.8) is 0 Å². The third kappa shape index (κ3) is 2.62. The molecule has 2 aromatic heterocycles. The molecule has 118 valence electrons. The maximum Gasteiger partial charge on any atom is 0.316 e. The fraction of sp³-hybridized carbons (Fsp3) is 0.333. The molecule has 0 spiro atoms. The monoisotopic (exact) mass is 332 g/mol. The number of fused-ring (bicyclic) bond motifs is 1. The van der Waals surface area contributed by atoms with E-state index >= 15 is 0 Å². The van der Waals surface area contributed by atoms with Crippen LogP contribution >= 0.6 is 11.6 Å². The first-order valence-corrected chi connectivity index (χ1v) is 7.67. The summed E-state index contributed by atoms with van der Waals surface area (Å²) in [7, 11) is 0. The first kappa shape index (κ1) is 14.3. The lowest BCUT2D eigenvalue weighted by molar-refractivity contribution is 0.0886. The molecule has 3 heterocycles. The summed E-state index contributed by atoms with van der Waals surface area (Å²) in [6.45, 7) is 1.14. The van der Waals surface area contributed by atoms with Crippen LogP contribution in [0.4, 0.5) is 0 Å². The van der Waals surface area contributed by atoms with E-state index in [9.17, 15) is 4.79 Å². The van der Waals surface area contributed by atoms with Crippen LogP contribution in [0.15, 0.2) is 16.8 Å². The zero-order valence-electron chi connectivity index (χ0n) is 12.1. The van der Waals surface area contributed by atoms with Crippen LogP contribution < -0.4 is 5.32 Å². The number of halogens is 1. The summed E-state index contributed by atoms with van der Waals surface area (Å²) in [4.78, 5) is 20.6. The van der Waals surface area contributed by atoms with E-state index in [-0.39, 0.29) is 17.8 Å². The largest absolute Gasteiger partial charge is 0.379 e. The number of nitrogens with one attached hydrogen (secondary N) is 1. The summed E-state index contributed by atoms with van der Waals surface area (Å²) in [5.41, 5.74) is 2.33. The molecule has 4 rings (SSSR count). The predicted octanol–water partition coefficient (Wildman–Crippen LogP) is 1.87. The molecular formula is C15H13ClN4O3. The zero-order valence-corrected chi connectivity index (χ0v) is 12.8. The molecule has 1 atom stereocenters. The Kier molecular flexibility index (Phi) is 3.59. The van der Waals surface area contributed by atoms with Gasteiger partial charge >= 0.3 is 11.8 Å². The van der Waals surface area contributed by atoms with Gasteiger partial charge in [-0.3, -0.25) is 9.78 Å². The van der Waals surface area contributed by atoms with Crippen molar-refractivity contribution in [2.45, 2.75) is 18.9 Å². The van der Waals surface area contributed by atoms with Crippen LogP contribution in [0, 0.1) is 0 Å². The topological polar surface area (TPSA) is 90.1 Å². The van der Waals surface area contributed by atoms with Crippen LogP contribution in [0.25, 0.3) is 17.5 Å². The third-order valence-electron chi connectivity index (χ3n) is 3.86. The number of hydrogen-bond donors (Lipinski definition) is 1. The summed E-state index contributed by atoms with van der Waals surface area (Å²) in [5.74, 6) is -0.262. The van der Waals surface area contributed by atoms with E-state index in [1.807, 2.05) is 12.2 Å². The van der Waals surface area contributed by atoms with Gasteiger partial charge in [-0.2, -0.15) is 4.98 Å². The van der Waals surface area contributed by atoms with E-state index in [2.05, 4.69) is 20.4 Å². The van der Waals surface area contributed by atoms with Crippen molar-refractivity contribution in [2.24, 2.45) is 0 Å². The molecule has 1 aliphatic heterocycles. The SMILES string of the molecule is O=C(N[C@@H]1CCOC1)c1nc(-c2cnc3c(c2Cl)C=CC3)no1. The highest BCUT2D eigenvalue weighted by molar-refractivity contribution is 6.34. The molecule has 2 aliphatic rings. The molecule has 0 radical (unpaired) electrons. The van der Waals surface area contributed by atoms with E-state index in [0.29, 0.717) is 23.8 Å². The van der Waals surface area contributed by atoms with Gasteiger partial charge in [0.25, 0.3) is 0 Å². The van der Waals surface area contributed by atoms with Crippen molar-refractivity contribution in [1.82, 2.24) is 20.4 Å². The maximum atomic E-state index is 12.1. The molecule has 0 unspecified atom stereocenters. The van der Waals surface area contributed by atoms with Gasteiger partial charge in [-0.25, -0.2) is 0 Å². The number of nitrogens with zero attached hydrogens (tertiary/aromatic N) is 3. The van der Waals surface area contributed by atoms with Crippen LogP contribution in [0.5, 0.6) is 0 Å². The van der Waals surface area contributed by atoms with E-state index in [1.54, 1.807) is 6.20 Å². The summed E-state index contributed by atoms with van der Waals surface area (Å²) in [6.07, 6.45) is 7.05. The predicted molar refractivity (Wildman–Crippen MR) is 82.0 cm³/mol. The molecule has 1 aliphatic carbocycles. The number of carbonyl (C=O) groups excluding carboxylic acids is 1. The third-order valence-corrected chi connectivity index (χ3v) is 4.26. The summed E-state index contributed by atoms with van der Waals surface area (Å²) in [6, 6.07) is -0.0202. The Bertz CT molecular complexity index is 796. The lowest BCUT2D eigenvalue weighted by atomic mass is 10.1. The highest BCUT2D eigenvalue weighted by atomic mass is 35.5. The van der Waals surface area contributed by atoms with Gasteiger partial charge in [0, 0.05) is 24.8 Å². The lowest BCUT2D eigenvalue weighted by Gasteiger charge is -2.07. The average Bonchev–Trinajstić information content (AvgIpc) is 3.29. The Hall–Kier alpha value is -2.25. The Morgan fingerprint density at radius 1 is 1.43 bits per heavy atom. The second-order valence-corrected chi connectivity index (χ2v) is 5.79. The average molecular weight is 333 g/mol. The van der Waals surface area contributed by atoms with Crippen LogP contribution in [0.1, 0.15) is 28.4 Å².